The van der Waals surface area contributed by atoms with Crippen LogP contribution in [0.5, 0.6) is 0 Å². The second-order valence-corrected chi connectivity index (χ2v) is 20.0. The summed E-state index contributed by atoms with van der Waals surface area (Å²) >= 11 is -2.36. The van der Waals surface area contributed by atoms with Gasteiger partial charge in [-0.05, 0) is 0 Å². The molecule has 0 saturated heterocycles. The summed E-state index contributed by atoms with van der Waals surface area (Å²) in [6.45, 7) is 6.93. The average molecular weight is 403 g/mol. The van der Waals surface area contributed by atoms with Crippen LogP contribution in [-0.2, 0) is 4.89 Å². The number of hydrogen-bond acceptors (Lipinski definition) is 2. The predicted molar refractivity (Wildman–Crippen MR) is 94.3 cm³/mol. The normalized spacial score (nSPS) is 19.6. The number of rotatable bonds is 11. The summed E-state index contributed by atoms with van der Waals surface area (Å²) in [4.78, 5) is 4.93. The molecule has 1 unspecified atom stereocenters. The van der Waals surface area contributed by atoms with Gasteiger partial charge in [-0.3, -0.25) is 0 Å². The molecule has 0 aromatic rings. The third kappa shape index (κ3) is 5.87. The molecule has 0 bridgehead atoms. The van der Waals surface area contributed by atoms with E-state index in [1.54, 1.807) is 3.59 Å². The zero-order chi connectivity index (χ0) is 15.6. The molecule has 2 nitrogen and oxygen atoms in total. The molecule has 0 aliphatic heterocycles. The van der Waals surface area contributed by atoms with Crippen LogP contribution in [0.3, 0.4) is 0 Å². The Morgan fingerprint density at radius 1 is 1.05 bits per heavy atom. The van der Waals surface area contributed by atoms with Gasteiger partial charge >= 0.3 is 136 Å². The van der Waals surface area contributed by atoms with E-state index in [-0.39, 0.29) is 6.10 Å². The molecule has 0 heterocycles. The molecular formula is C18H36O2Sn. The molecule has 0 amide bonds. The summed E-state index contributed by atoms with van der Waals surface area (Å²) in [5, 5.41) is 9.39. The number of allylic oxidation sites excluding steroid dienone is 1. The second kappa shape index (κ2) is 11.1. The van der Waals surface area contributed by atoms with Gasteiger partial charge in [0.15, 0.2) is 0 Å². The Balaban J connectivity index is 3.00. The summed E-state index contributed by atoms with van der Waals surface area (Å²) in [7, 11) is 0. The first-order chi connectivity index (χ1) is 10.2. The van der Waals surface area contributed by atoms with Gasteiger partial charge in [0.25, 0.3) is 0 Å². The first-order valence-electron chi connectivity index (χ1n) is 9.24. The molecule has 1 N–H and O–H groups in total. The summed E-state index contributed by atoms with van der Waals surface area (Å²) in [5.74, 6) is 0. The summed E-state index contributed by atoms with van der Waals surface area (Å²) in [6.07, 6.45) is 14.0. The Hall–Kier alpha value is 0.459. The molecule has 0 aromatic carbocycles. The molecule has 3 heteroatoms. The molecule has 0 radical (unpaired) electrons. The minimum atomic E-state index is -2.36. The van der Waals surface area contributed by atoms with E-state index in [0.29, 0.717) is 0 Å². The maximum absolute atomic E-state index is 9.39. The zero-order valence-corrected chi connectivity index (χ0v) is 17.3. The Morgan fingerprint density at radius 3 is 2.00 bits per heavy atom. The van der Waals surface area contributed by atoms with Crippen molar-refractivity contribution in [2.24, 2.45) is 0 Å². The summed E-state index contributed by atoms with van der Waals surface area (Å²) < 4.78 is 6.04. The van der Waals surface area contributed by atoms with Gasteiger partial charge in [-0.15, -0.1) is 0 Å². The van der Waals surface area contributed by atoms with E-state index in [9.17, 15) is 5.26 Å². The fourth-order valence-corrected chi connectivity index (χ4v) is 21.5. The van der Waals surface area contributed by atoms with Crippen LogP contribution >= 0.6 is 0 Å². The standard InChI is InChI=1S/C6H9O2.3C4H9.Sn/c7-8-6-4-2-1-3-5-6;3*1-3-4-2;/h2,6-7H,1,3,5H2;3*1,3-4H2,2H3;. The molecule has 21 heavy (non-hydrogen) atoms. The van der Waals surface area contributed by atoms with Crippen molar-refractivity contribution in [3.63, 3.8) is 0 Å². The van der Waals surface area contributed by atoms with Crippen molar-refractivity contribution in [2.75, 3.05) is 0 Å². The quantitative estimate of drug-likeness (QED) is 0.248. The van der Waals surface area contributed by atoms with Gasteiger partial charge in [0, 0.05) is 0 Å². The Bertz CT molecular complexity index is 280. The van der Waals surface area contributed by atoms with Crippen LogP contribution in [0.1, 0.15) is 78.6 Å². The van der Waals surface area contributed by atoms with Crippen molar-refractivity contribution >= 4 is 18.4 Å². The van der Waals surface area contributed by atoms with Gasteiger partial charge in [0.1, 0.15) is 0 Å². The molecule has 0 aromatic heterocycles. The monoisotopic (exact) mass is 404 g/mol. The van der Waals surface area contributed by atoms with Crippen LogP contribution in [0, 0.1) is 0 Å². The van der Waals surface area contributed by atoms with Crippen molar-refractivity contribution in [3.05, 3.63) is 9.67 Å². The third-order valence-corrected chi connectivity index (χ3v) is 21.4. The van der Waals surface area contributed by atoms with Crippen molar-refractivity contribution in [2.45, 2.75) is 98.0 Å². The van der Waals surface area contributed by atoms with Crippen LogP contribution in [0.15, 0.2) is 9.67 Å². The second-order valence-electron chi connectivity index (χ2n) is 6.78. The molecule has 1 aliphatic carbocycles. The van der Waals surface area contributed by atoms with Crippen molar-refractivity contribution < 1.29 is 10.1 Å². The van der Waals surface area contributed by atoms with Gasteiger partial charge in [0.05, 0.1) is 0 Å². The molecule has 1 rings (SSSR count). The topological polar surface area (TPSA) is 29.5 Å². The average Bonchev–Trinajstić information content (AvgIpc) is 2.54. The number of unbranched alkanes of at least 4 members (excludes halogenated alkanes) is 3. The third-order valence-electron chi connectivity index (χ3n) is 5.15. The SMILES string of the molecule is CCC[CH2][Sn]([CH2]CCC)([CH2]CCC)[C]1=CCCCC1OO. The molecule has 0 fully saturated rings. The summed E-state index contributed by atoms with van der Waals surface area (Å²) in [5.41, 5.74) is 0. The molecule has 124 valence electrons. The molecule has 1 aliphatic rings. The van der Waals surface area contributed by atoms with Crippen LogP contribution in [0.25, 0.3) is 0 Å². The Morgan fingerprint density at radius 2 is 1.57 bits per heavy atom. The zero-order valence-electron chi connectivity index (χ0n) is 14.5. The van der Waals surface area contributed by atoms with Crippen LogP contribution in [-0.4, -0.2) is 29.7 Å². The fraction of sp³-hybridized carbons (Fsp3) is 0.889. The summed E-state index contributed by atoms with van der Waals surface area (Å²) in [6, 6.07) is 0. The van der Waals surface area contributed by atoms with Gasteiger partial charge in [0.2, 0.25) is 0 Å². The van der Waals surface area contributed by atoms with E-state index in [1.165, 1.54) is 64.7 Å². The van der Waals surface area contributed by atoms with Crippen LogP contribution in [0.2, 0.25) is 13.3 Å². The molecule has 1 atom stereocenters. The molecule has 0 spiro atoms. The van der Waals surface area contributed by atoms with Gasteiger partial charge < -0.3 is 0 Å². The fourth-order valence-electron chi connectivity index (χ4n) is 3.87. The maximum atomic E-state index is 9.39. The van der Waals surface area contributed by atoms with Gasteiger partial charge in [-0.25, -0.2) is 0 Å². The van der Waals surface area contributed by atoms with Crippen molar-refractivity contribution in [3.8, 4) is 0 Å². The Kier molecular flexibility index (Phi) is 10.3. The minimum absolute atomic E-state index is 0.0418. The van der Waals surface area contributed by atoms with Crippen molar-refractivity contribution in [1.82, 2.24) is 0 Å². The van der Waals surface area contributed by atoms with E-state index >= 15 is 0 Å². The van der Waals surface area contributed by atoms with Gasteiger partial charge in [-0.1, -0.05) is 0 Å². The van der Waals surface area contributed by atoms with Crippen LogP contribution < -0.4 is 0 Å². The van der Waals surface area contributed by atoms with E-state index < -0.39 is 18.4 Å². The number of hydrogen-bond donors (Lipinski definition) is 1. The van der Waals surface area contributed by atoms with E-state index in [4.69, 9.17) is 4.89 Å². The molecular weight excluding hydrogens is 367 g/mol. The molecule has 0 saturated carbocycles. The Labute approximate surface area is 136 Å². The first-order valence-corrected chi connectivity index (χ1v) is 16.7. The van der Waals surface area contributed by atoms with E-state index in [1.807, 2.05) is 0 Å². The van der Waals surface area contributed by atoms with Crippen LogP contribution in [0.4, 0.5) is 0 Å². The predicted octanol–water partition coefficient (Wildman–Crippen LogP) is 6.34. The van der Waals surface area contributed by atoms with Gasteiger partial charge in [-0.2, -0.15) is 0 Å². The first kappa shape index (κ1) is 19.5. The van der Waals surface area contributed by atoms with E-state index in [0.717, 1.165) is 6.42 Å². The van der Waals surface area contributed by atoms with Crippen molar-refractivity contribution in [1.29, 1.82) is 0 Å². The van der Waals surface area contributed by atoms with E-state index in [2.05, 4.69) is 26.8 Å².